The molecule has 0 amide bonds. The number of carbonyl (C=O) groups excluding carboxylic acids is 1. The lowest BCUT2D eigenvalue weighted by Gasteiger charge is -2.15. The van der Waals surface area contributed by atoms with Crippen LogP contribution >= 0.6 is 0 Å². The first-order valence-corrected chi connectivity index (χ1v) is 9.52. The van der Waals surface area contributed by atoms with Crippen molar-refractivity contribution in [2.24, 2.45) is 0 Å². The number of hydrogen-bond acceptors (Lipinski definition) is 3. The topological polar surface area (TPSA) is 71.9 Å². The number of hydrogen-bond donors (Lipinski definition) is 1. The van der Waals surface area contributed by atoms with Crippen molar-refractivity contribution < 1.29 is 13.6 Å². The van der Waals surface area contributed by atoms with Crippen LogP contribution in [-0.4, -0.2) is 15.3 Å². The molecule has 3 aromatic rings. The number of aryl methyl sites for hydroxylation is 2. The van der Waals surface area contributed by atoms with Gasteiger partial charge in [-0.1, -0.05) is 31.0 Å². The fraction of sp³-hybridized carbons (Fsp3) is 0.261. The van der Waals surface area contributed by atoms with Crippen LogP contribution in [0.5, 0.6) is 0 Å². The van der Waals surface area contributed by atoms with Crippen molar-refractivity contribution in [3.8, 4) is 0 Å². The molecule has 3 rings (SSSR count). The Morgan fingerprint density at radius 3 is 2.27 bits per heavy atom. The van der Waals surface area contributed by atoms with Crippen LogP contribution in [0.25, 0.3) is 0 Å². The molecule has 1 heterocycles. The van der Waals surface area contributed by atoms with E-state index in [1.807, 2.05) is 19.9 Å². The minimum Gasteiger partial charge on any atom is -0.303 e. The Balaban J connectivity index is 2.18. The molecule has 0 spiro atoms. The Hall–Kier alpha value is -3.35. The summed E-state index contributed by atoms with van der Waals surface area (Å²) in [5.41, 5.74) is 0.454. The van der Waals surface area contributed by atoms with Crippen molar-refractivity contribution >= 4 is 5.78 Å². The van der Waals surface area contributed by atoms with Gasteiger partial charge in [0.2, 0.25) is 5.78 Å². The van der Waals surface area contributed by atoms with Gasteiger partial charge in [0.1, 0.15) is 11.6 Å². The van der Waals surface area contributed by atoms with Crippen LogP contribution in [0.2, 0.25) is 0 Å². The molecule has 0 saturated carbocycles. The lowest BCUT2D eigenvalue weighted by molar-refractivity contribution is 0.103. The van der Waals surface area contributed by atoms with Crippen LogP contribution in [-0.2, 0) is 6.54 Å². The summed E-state index contributed by atoms with van der Waals surface area (Å²) in [6.07, 6.45) is 0. The van der Waals surface area contributed by atoms with E-state index in [1.54, 1.807) is 26.0 Å². The lowest BCUT2D eigenvalue weighted by Crippen LogP contribution is -2.40. The summed E-state index contributed by atoms with van der Waals surface area (Å²) in [6, 6.07) is 8.11. The predicted octanol–water partition coefficient (Wildman–Crippen LogP) is 3.83. The number of halogens is 2. The summed E-state index contributed by atoms with van der Waals surface area (Å²) in [5, 5.41) is 0. The van der Waals surface area contributed by atoms with Crippen LogP contribution in [0.4, 0.5) is 8.78 Å². The molecule has 5 nitrogen and oxygen atoms in total. The molecular formula is C23H22F2N2O3. The van der Waals surface area contributed by atoms with Crippen LogP contribution in [0, 0.1) is 25.5 Å². The summed E-state index contributed by atoms with van der Waals surface area (Å²) in [5.74, 6) is -2.27. The number of nitrogens with zero attached hydrogens (tertiary/aromatic N) is 1. The van der Waals surface area contributed by atoms with E-state index in [-0.39, 0.29) is 22.7 Å². The highest BCUT2D eigenvalue weighted by molar-refractivity contribution is 6.08. The van der Waals surface area contributed by atoms with E-state index in [0.29, 0.717) is 5.56 Å². The SMILES string of the molecule is Cc1cc(C)cc(C(=O)c2[nH]c(=O)n(Cc3cc(F)ccc3F)c(=O)c2C(C)C)c1. The average Bonchev–Trinajstić information content (AvgIpc) is 2.65. The summed E-state index contributed by atoms with van der Waals surface area (Å²) in [7, 11) is 0. The number of aromatic nitrogens is 2. The Labute approximate surface area is 172 Å². The molecule has 7 heteroatoms. The molecule has 0 aliphatic heterocycles. The minimum absolute atomic E-state index is 0.0824. The lowest BCUT2D eigenvalue weighted by atomic mass is 9.95. The Morgan fingerprint density at radius 1 is 1.03 bits per heavy atom. The molecule has 0 unspecified atom stereocenters. The summed E-state index contributed by atoms with van der Waals surface area (Å²) >= 11 is 0. The molecule has 0 fully saturated rings. The van der Waals surface area contributed by atoms with Crippen LogP contribution in [0.1, 0.15) is 58.1 Å². The van der Waals surface area contributed by atoms with E-state index in [0.717, 1.165) is 33.9 Å². The maximum absolute atomic E-state index is 14.0. The van der Waals surface area contributed by atoms with Crippen molar-refractivity contribution in [1.29, 1.82) is 0 Å². The van der Waals surface area contributed by atoms with Gasteiger partial charge in [-0.15, -0.1) is 0 Å². The molecular weight excluding hydrogens is 390 g/mol. The molecule has 1 aromatic heterocycles. The van der Waals surface area contributed by atoms with E-state index in [2.05, 4.69) is 4.98 Å². The zero-order valence-corrected chi connectivity index (χ0v) is 17.2. The number of H-pyrrole nitrogens is 1. The Morgan fingerprint density at radius 2 is 1.67 bits per heavy atom. The number of nitrogens with one attached hydrogen (secondary N) is 1. The zero-order valence-electron chi connectivity index (χ0n) is 17.2. The zero-order chi connectivity index (χ0) is 22.2. The largest absolute Gasteiger partial charge is 0.329 e. The molecule has 30 heavy (non-hydrogen) atoms. The van der Waals surface area contributed by atoms with Crippen molar-refractivity contribution in [2.75, 3.05) is 0 Å². The molecule has 156 valence electrons. The smallest absolute Gasteiger partial charge is 0.303 e. The molecule has 0 bridgehead atoms. The third kappa shape index (κ3) is 4.15. The Bertz CT molecular complexity index is 1240. The van der Waals surface area contributed by atoms with Gasteiger partial charge >= 0.3 is 5.69 Å². The van der Waals surface area contributed by atoms with Crippen LogP contribution in [0.3, 0.4) is 0 Å². The van der Waals surface area contributed by atoms with E-state index in [1.165, 1.54) is 0 Å². The van der Waals surface area contributed by atoms with Crippen molar-refractivity contribution in [2.45, 2.75) is 40.2 Å². The fourth-order valence-corrected chi connectivity index (χ4v) is 3.53. The van der Waals surface area contributed by atoms with Gasteiger partial charge < -0.3 is 4.98 Å². The van der Waals surface area contributed by atoms with Gasteiger partial charge in [0, 0.05) is 16.7 Å². The molecule has 1 N–H and O–H groups in total. The first kappa shape index (κ1) is 21.4. The number of rotatable bonds is 5. The monoisotopic (exact) mass is 412 g/mol. The van der Waals surface area contributed by atoms with E-state index >= 15 is 0 Å². The second-order valence-corrected chi connectivity index (χ2v) is 7.71. The molecule has 0 radical (unpaired) electrons. The van der Waals surface area contributed by atoms with Gasteiger partial charge in [-0.05, 0) is 50.1 Å². The molecule has 0 atom stereocenters. The second kappa shape index (κ2) is 8.18. The highest BCUT2D eigenvalue weighted by atomic mass is 19.1. The first-order valence-electron chi connectivity index (χ1n) is 9.52. The first-order chi connectivity index (χ1) is 14.1. The highest BCUT2D eigenvalue weighted by Crippen LogP contribution is 2.19. The number of aromatic amines is 1. The maximum Gasteiger partial charge on any atom is 0.329 e. The third-order valence-corrected chi connectivity index (χ3v) is 4.85. The van der Waals surface area contributed by atoms with E-state index in [9.17, 15) is 23.2 Å². The van der Waals surface area contributed by atoms with Crippen LogP contribution in [0.15, 0.2) is 46.0 Å². The van der Waals surface area contributed by atoms with Gasteiger partial charge in [0.25, 0.3) is 5.56 Å². The normalized spacial score (nSPS) is 11.2. The highest BCUT2D eigenvalue weighted by Gasteiger charge is 2.23. The fourth-order valence-electron chi connectivity index (χ4n) is 3.53. The average molecular weight is 412 g/mol. The number of ketones is 1. The third-order valence-electron chi connectivity index (χ3n) is 4.85. The molecule has 0 aliphatic rings. The summed E-state index contributed by atoms with van der Waals surface area (Å²) in [4.78, 5) is 41.4. The quantitative estimate of drug-likeness (QED) is 0.648. The number of benzene rings is 2. The molecule has 2 aromatic carbocycles. The summed E-state index contributed by atoms with van der Waals surface area (Å²) in [6.45, 7) is 6.69. The standard InChI is InChI=1S/C23H22F2N2O3/c1-12(2)19-20(21(28)15-8-13(3)7-14(4)9-15)26-23(30)27(22(19)29)11-16-10-17(24)5-6-18(16)25/h5-10,12H,11H2,1-4H3,(H,26,30). The van der Waals surface area contributed by atoms with E-state index in [4.69, 9.17) is 0 Å². The van der Waals surface area contributed by atoms with Gasteiger partial charge in [0.15, 0.2) is 0 Å². The molecule has 0 saturated heterocycles. The van der Waals surface area contributed by atoms with Crippen molar-refractivity contribution in [3.05, 3.63) is 102 Å². The maximum atomic E-state index is 14.0. The van der Waals surface area contributed by atoms with Gasteiger partial charge in [-0.25, -0.2) is 13.6 Å². The predicted molar refractivity (Wildman–Crippen MR) is 110 cm³/mol. The van der Waals surface area contributed by atoms with Crippen molar-refractivity contribution in [3.63, 3.8) is 0 Å². The van der Waals surface area contributed by atoms with E-state index < -0.39 is 35.2 Å². The second-order valence-electron chi connectivity index (χ2n) is 7.71. The van der Waals surface area contributed by atoms with Crippen molar-refractivity contribution in [1.82, 2.24) is 9.55 Å². The van der Waals surface area contributed by atoms with Crippen LogP contribution < -0.4 is 11.2 Å². The number of carbonyl (C=O) groups is 1. The van der Waals surface area contributed by atoms with Gasteiger partial charge in [-0.2, -0.15) is 0 Å². The Kier molecular flexibility index (Phi) is 5.82. The molecule has 0 aliphatic carbocycles. The minimum atomic E-state index is -0.860. The summed E-state index contributed by atoms with van der Waals surface area (Å²) < 4.78 is 28.3. The van der Waals surface area contributed by atoms with Gasteiger partial charge in [0.05, 0.1) is 12.2 Å². The van der Waals surface area contributed by atoms with Gasteiger partial charge in [-0.3, -0.25) is 14.2 Å².